The largest absolute Gasteiger partial charge is 0.479 e. The molecule has 4 heteroatoms. The summed E-state index contributed by atoms with van der Waals surface area (Å²) in [5, 5.41) is 11.8. The molecular weight excluding hydrogens is 230 g/mol. The Balaban J connectivity index is 2.09. The van der Waals surface area contributed by atoms with E-state index in [1.807, 2.05) is 19.9 Å². The molecule has 0 heterocycles. The molecule has 18 heavy (non-hydrogen) atoms. The highest BCUT2D eigenvalue weighted by atomic mass is 16.4. The monoisotopic (exact) mass is 247 g/mol. The zero-order valence-corrected chi connectivity index (χ0v) is 10.5. The normalized spacial score (nSPS) is 22.0. The Kier molecular flexibility index (Phi) is 3.11. The van der Waals surface area contributed by atoms with Crippen LogP contribution in [0.15, 0.2) is 30.3 Å². The molecule has 2 atom stereocenters. The van der Waals surface area contributed by atoms with E-state index in [0.29, 0.717) is 5.56 Å². The number of nitrogens with one attached hydrogen (secondary N) is 1. The Labute approximate surface area is 106 Å². The minimum Gasteiger partial charge on any atom is -0.479 e. The van der Waals surface area contributed by atoms with Gasteiger partial charge < -0.3 is 10.4 Å². The highest BCUT2D eigenvalue weighted by Crippen LogP contribution is 2.51. The fourth-order valence-corrected chi connectivity index (χ4v) is 2.09. The summed E-state index contributed by atoms with van der Waals surface area (Å²) >= 11 is 0. The van der Waals surface area contributed by atoms with Gasteiger partial charge >= 0.3 is 5.97 Å². The topological polar surface area (TPSA) is 66.4 Å². The molecule has 4 nitrogen and oxygen atoms in total. The van der Waals surface area contributed by atoms with Gasteiger partial charge in [0.25, 0.3) is 0 Å². The smallest absolute Gasteiger partial charge is 0.330 e. The van der Waals surface area contributed by atoms with Crippen LogP contribution in [-0.4, -0.2) is 17.0 Å². The third-order valence-electron chi connectivity index (χ3n) is 3.50. The van der Waals surface area contributed by atoms with Gasteiger partial charge in [-0.25, -0.2) is 4.79 Å². The van der Waals surface area contributed by atoms with Crippen LogP contribution in [0.2, 0.25) is 0 Å². The quantitative estimate of drug-likeness (QED) is 0.854. The molecule has 1 aliphatic carbocycles. The van der Waals surface area contributed by atoms with Gasteiger partial charge in [-0.2, -0.15) is 0 Å². The summed E-state index contributed by atoms with van der Waals surface area (Å²) in [6.45, 7) is 4.02. The number of carboxylic acids is 1. The molecule has 2 rings (SSSR count). The molecule has 1 amide bonds. The van der Waals surface area contributed by atoms with Gasteiger partial charge in [0, 0.05) is 5.92 Å². The van der Waals surface area contributed by atoms with Gasteiger partial charge in [0.15, 0.2) is 6.04 Å². The summed E-state index contributed by atoms with van der Waals surface area (Å²) in [5.74, 6) is -1.27. The second-order valence-electron chi connectivity index (χ2n) is 5.44. The van der Waals surface area contributed by atoms with E-state index in [0.717, 1.165) is 6.42 Å². The Morgan fingerprint density at radius 1 is 1.33 bits per heavy atom. The predicted molar refractivity (Wildman–Crippen MR) is 66.8 cm³/mol. The first-order chi connectivity index (χ1) is 8.42. The van der Waals surface area contributed by atoms with Crippen LogP contribution in [0.3, 0.4) is 0 Å². The molecule has 2 unspecified atom stereocenters. The standard InChI is InChI=1S/C14H17NO3/c1-14(2)8-10(14)12(16)15-11(13(17)18)9-6-4-3-5-7-9/h3-7,10-11H,8H2,1-2H3,(H,15,16)(H,17,18). The van der Waals surface area contributed by atoms with E-state index in [9.17, 15) is 14.7 Å². The Morgan fingerprint density at radius 3 is 2.33 bits per heavy atom. The van der Waals surface area contributed by atoms with Crippen LogP contribution >= 0.6 is 0 Å². The number of aliphatic carboxylic acids is 1. The average Bonchev–Trinajstić information content (AvgIpc) is 2.96. The van der Waals surface area contributed by atoms with E-state index in [1.54, 1.807) is 24.3 Å². The fourth-order valence-electron chi connectivity index (χ4n) is 2.09. The van der Waals surface area contributed by atoms with Gasteiger partial charge in [-0.1, -0.05) is 44.2 Å². The molecular formula is C14H17NO3. The van der Waals surface area contributed by atoms with Crippen LogP contribution in [-0.2, 0) is 9.59 Å². The van der Waals surface area contributed by atoms with Gasteiger partial charge in [-0.05, 0) is 17.4 Å². The Hall–Kier alpha value is -1.84. The van der Waals surface area contributed by atoms with Gasteiger partial charge in [0.05, 0.1) is 0 Å². The van der Waals surface area contributed by atoms with Gasteiger partial charge in [0.1, 0.15) is 0 Å². The lowest BCUT2D eigenvalue weighted by atomic mass is 10.1. The molecule has 96 valence electrons. The predicted octanol–water partition coefficient (Wildman–Crippen LogP) is 1.97. The Bertz CT molecular complexity index is 467. The highest BCUT2D eigenvalue weighted by molar-refractivity contribution is 5.87. The zero-order valence-electron chi connectivity index (χ0n) is 10.5. The summed E-state index contributed by atoms with van der Waals surface area (Å²) in [4.78, 5) is 23.2. The third-order valence-corrected chi connectivity index (χ3v) is 3.50. The molecule has 0 bridgehead atoms. The number of benzene rings is 1. The summed E-state index contributed by atoms with van der Waals surface area (Å²) in [7, 11) is 0. The number of carbonyl (C=O) groups is 2. The third kappa shape index (κ3) is 2.53. The van der Waals surface area contributed by atoms with Crippen LogP contribution in [0.4, 0.5) is 0 Å². The molecule has 1 aromatic rings. The lowest BCUT2D eigenvalue weighted by Crippen LogP contribution is -2.35. The van der Waals surface area contributed by atoms with Crippen molar-refractivity contribution in [3.8, 4) is 0 Å². The van der Waals surface area contributed by atoms with E-state index in [-0.39, 0.29) is 17.2 Å². The minimum absolute atomic E-state index is 0.00379. The molecule has 1 fully saturated rings. The maximum atomic E-state index is 11.9. The second kappa shape index (κ2) is 4.44. The fraction of sp³-hybridized carbons (Fsp3) is 0.429. The average molecular weight is 247 g/mol. The van der Waals surface area contributed by atoms with Crippen LogP contribution < -0.4 is 5.32 Å². The first kappa shape index (κ1) is 12.6. The lowest BCUT2D eigenvalue weighted by molar-refractivity contribution is -0.142. The lowest BCUT2D eigenvalue weighted by Gasteiger charge is -2.15. The van der Waals surface area contributed by atoms with Crippen molar-refractivity contribution in [2.45, 2.75) is 26.3 Å². The summed E-state index contributed by atoms with van der Waals surface area (Å²) in [5.41, 5.74) is 0.598. The van der Waals surface area contributed by atoms with Crippen molar-refractivity contribution in [3.63, 3.8) is 0 Å². The Morgan fingerprint density at radius 2 is 1.89 bits per heavy atom. The highest BCUT2D eigenvalue weighted by Gasteiger charge is 2.51. The van der Waals surface area contributed by atoms with E-state index in [1.165, 1.54) is 0 Å². The number of hydrogen-bond acceptors (Lipinski definition) is 2. The van der Waals surface area contributed by atoms with Gasteiger partial charge in [-0.3, -0.25) is 4.79 Å². The number of rotatable bonds is 4. The van der Waals surface area contributed by atoms with Crippen LogP contribution in [0, 0.1) is 11.3 Å². The molecule has 0 aliphatic heterocycles. The van der Waals surface area contributed by atoms with Crippen LogP contribution in [0.25, 0.3) is 0 Å². The van der Waals surface area contributed by atoms with Crippen molar-refractivity contribution >= 4 is 11.9 Å². The molecule has 0 radical (unpaired) electrons. The van der Waals surface area contributed by atoms with E-state index < -0.39 is 12.0 Å². The summed E-state index contributed by atoms with van der Waals surface area (Å²) in [6, 6.07) is 7.79. The maximum Gasteiger partial charge on any atom is 0.330 e. The number of hydrogen-bond donors (Lipinski definition) is 2. The first-order valence-corrected chi connectivity index (χ1v) is 6.00. The van der Waals surface area contributed by atoms with E-state index in [4.69, 9.17) is 0 Å². The second-order valence-corrected chi connectivity index (χ2v) is 5.44. The summed E-state index contributed by atoms with van der Waals surface area (Å²) in [6.07, 6.45) is 0.819. The summed E-state index contributed by atoms with van der Waals surface area (Å²) < 4.78 is 0. The van der Waals surface area contributed by atoms with E-state index in [2.05, 4.69) is 5.32 Å². The van der Waals surface area contributed by atoms with Crippen molar-refractivity contribution in [2.75, 3.05) is 0 Å². The molecule has 0 aromatic heterocycles. The zero-order chi connectivity index (χ0) is 13.3. The van der Waals surface area contributed by atoms with E-state index >= 15 is 0 Å². The van der Waals surface area contributed by atoms with Gasteiger partial charge in [-0.15, -0.1) is 0 Å². The molecule has 2 N–H and O–H groups in total. The number of amides is 1. The molecule has 1 aliphatic rings. The van der Waals surface area contributed by atoms with Crippen LogP contribution in [0.5, 0.6) is 0 Å². The van der Waals surface area contributed by atoms with Crippen molar-refractivity contribution in [3.05, 3.63) is 35.9 Å². The van der Waals surface area contributed by atoms with Crippen LogP contribution in [0.1, 0.15) is 31.9 Å². The number of carboxylic acid groups (broad SMARTS) is 1. The van der Waals surface area contributed by atoms with Crippen molar-refractivity contribution in [1.29, 1.82) is 0 Å². The van der Waals surface area contributed by atoms with Crippen molar-refractivity contribution < 1.29 is 14.7 Å². The minimum atomic E-state index is -1.03. The molecule has 1 aromatic carbocycles. The SMILES string of the molecule is CC1(C)CC1C(=O)NC(C(=O)O)c1ccccc1. The molecule has 0 spiro atoms. The van der Waals surface area contributed by atoms with Crippen molar-refractivity contribution in [2.24, 2.45) is 11.3 Å². The number of carbonyl (C=O) groups excluding carboxylic acids is 1. The molecule has 0 saturated heterocycles. The molecule has 1 saturated carbocycles. The maximum absolute atomic E-state index is 11.9. The van der Waals surface area contributed by atoms with Gasteiger partial charge in [0.2, 0.25) is 5.91 Å². The van der Waals surface area contributed by atoms with Crippen molar-refractivity contribution in [1.82, 2.24) is 5.32 Å². The first-order valence-electron chi connectivity index (χ1n) is 6.00.